The van der Waals surface area contributed by atoms with Gasteiger partial charge in [0.25, 0.3) is 0 Å². The summed E-state index contributed by atoms with van der Waals surface area (Å²) in [5, 5.41) is 10.3. The largest absolute Gasteiger partial charge is 0.352 e. The molecule has 4 rings (SSSR count). The highest BCUT2D eigenvalue weighted by molar-refractivity contribution is 7.14. The highest BCUT2D eigenvalue weighted by Gasteiger charge is 2.14. The second kappa shape index (κ2) is 10.8. The Labute approximate surface area is 214 Å². The molecule has 0 aliphatic carbocycles. The molecule has 0 saturated heterocycles. The maximum absolute atomic E-state index is 13.7. The summed E-state index contributed by atoms with van der Waals surface area (Å²) >= 11 is 1.11. The van der Waals surface area contributed by atoms with Crippen molar-refractivity contribution >= 4 is 34.4 Å². The van der Waals surface area contributed by atoms with Crippen molar-refractivity contribution in [2.24, 2.45) is 0 Å². The maximum atomic E-state index is 13.7. The smallest absolute Gasteiger partial charge is 0.176 e. The number of fused-ring (bicyclic) bond motifs is 1. The van der Waals surface area contributed by atoms with E-state index in [0.29, 0.717) is 0 Å². The molecule has 0 unspecified atom stereocenters. The normalized spacial score (nSPS) is 13.8. The molecule has 0 aliphatic heterocycles. The Hall–Kier alpha value is -3.81. The predicted molar refractivity (Wildman–Crippen MR) is 151 cm³/mol. The lowest BCUT2D eigenvalue weighted by molar-refractivity contribution is 0.449. The fourth-order valence-corrected chi connectivity index (χ4v) is 4.88. The number of hydrogen-bond acceptors (Lipinski definition) is 4. The van der Waals surface area contributed by atoms with E-state index in [-0.39, 0.29) is 5.13 Å². The van der Waals surface area contributed by atoms with Crippen LogP contribution in [0.1, 0.15) is 13.8 Å². The Morgan fingerprint density at radius 2 is 2.03 bits per heavy atom. The summed E-state index contributed by atoms with van der Waals surface area (Å²) in [5.74, 6) is 0. The van der Waals surface area contributed by atoms with Crippen molar-refractivity contribution < 1.29 is 4.39 Å². The lowest BCUT2D eigenvalue weighted by Gasteiger charge is -2.11. The van der Waals surface area contributed by atoms with Gasteiger partial charge in [0.15, 0.2) is 5.13 Å². The summed E-state index contributed by atoms with van der Waals surface area (Å²) in [6.07, 6.45) is 13.6. The number of rotatable bonds is 8. The lowest BCUT2D eigenvalue weighted by Crippen LogP contribution is -2.23. The van der Waals surface area contributed by atoms with Crippen LogP contribution in [0.25, 0.3) is 44.9 Å². The van der Waals surface area contributed by atoms with Crippen LogP contribution < -0.4 is 10.6 Å². The van der Waals surface area contributed by atoms with Gasteiger partial charge in [-0.3, -0.25) is 10.1 Å². The minimum absolute atomic E-state index is 0.220. The minimum Gasteiger partial charge on any atom is -0.352 e. The molecule has 0 aromatic carbocycles. The number of H-pyrrole nitrogens is 2. The second-order valence-corrected chi connectivity index (χ2v) is 9.73. The van der Waals surface area contributed by atoms with Crippen molar-refractivity contribution in [3.8, 4) is 21.8 Å². The molecule has 4 aromatic heterocycles. The van der Waals surface area contributed by atoms with E-state index in [9.17, 15) is 4.39 Å². The van der Waals surface area contributed by atoms with Crippen LogP contribution in [0.3, 0.4) is 0 Å². The fourth-order valence-electron chi connectivity index (χ4n) is 4.12. The van der Waals surface area contributed by atoms with E-state index in [0.717, 1.165) is 77.9 Å². The van der Waals surface area contributed by atoms with E-state index in [2.05, 4.69) is 50.4 Å². The van der Waals surface area contributed by atoms with Crippen molar-refractivity contribution in [1.82, 2.24) is 25.1 Å². The van der Waals surface area contributed by atoms with Crippen LogP contribution in [-0.2, 0) is 0 Å². The van der Waals surface area contributed by atoms with Crippen LogP contribution in [0, 0.1) is 5.13 Å². The van der Waals surface area contributed by atoms with E-state index in [1.165, 1.54) is 6.07 Å². The van der Waals surface area contributed by atoms with Gasteiger partial charge in [-0.1, -0.05) is 37.5 Å². The number of thiophene rings is 1. The fraction of sp³-hybridized carbons (Fsp3) is 0.172. The molecule has 4 heterocycles. The Morgan fingerprint density at radius 1 is 1.22 bits per heavy atom. The van der Waals surface area contributed by atoms with E-state index in [1.54, 1.807) is 18.5 Å². The van der Waals surface area contributed by atoms with Crippen LogP contribution in [-0.4, -0.2) is 45.7 Å². The van der Waals surface area contributed by atoms with Crippen molar-refractivity contribution in [2.75, 3.05) is 20.6 Å². The molecule has 2 N–H and O–H groups in total. The first kappa shape index (κ1) is 25.3. The number of nitrogens with one attached hydrogen (secondary N) is 2. The van der Waals surface area contributed by atoms with Crippen LogP contribution >= 0.6 is 11.3 Å². The van der Waals surface area contributed by atoms with Gasteiger partial charge in [-0.05, 0) is 68.9 Å². The Morgan fingerprint density at radius 3 is 2.67 bits per heavy atom. The van der Waals surface area contributed by atoms with Gasteiger partial charge in [0, 0.05) is 33.8 Å². The number of aromatic amines is 2. The van der Waals surface area contributed by atoms with E-state index in [4.69, 9.17) is 0 Å². The summed E-state index contributed by atoms with van der Waals surface area (Å²) in [5.41, 5.74) is 6.37. The predicted octanol–water partition coefficient (Wildman–Crippen LogP) is 5.58. The van der Waals surface area contributed by atoms with Crippen molar-refractivity contribution in [2.45, 2.75) is 13.8 Å². The number of allylic oxidation sites excluding steroid dienone is 4. The van der Waals surface area contributed by atoms with Gasteiger partial charge in [-0.25, -0.2) is 0 Å². The summed E-state index contributed by atoms with van der Waals surface area (Å²) < 4.78 is 13.7. The van der Waals surface area contributed by atoms with Gasteiger partial charge in [0.1, 0.15) is 5.69 Å². The first-order valence-electron chi connectivity index (χ1n) is 11.6. The number of hydrogen-bond donors (Lipinski definition) is 2. The molecule has 36 heavy (non-hydrogen) atoms. The maximum Gasteiger partial charge on any atom is 0.176 e. The van der Waals surface area contributed by atoms with E-state index in [1.807, 2.05) is 52.2 Å². The average Bonchev–Trinajstić information content (AvgIpc) is 3.58. The van der Waals surface area contributed by atoms with E-state index >= 15 is 0 Å². The monoisotopic (exact) mass is 499 g/mol. The van der Waals surface area contributed by atoms with Crippen LogP contribution in [0.4, 0.5) is 4.39 Å². The third kappa shape index (κ3) is 5.22. The van der Waals surface area contributed by atoms with Crippen LogP contribution in [0.15, 0.2) is 78.7 Å². The molecule has 184 valence electrons. The molecule has 7 heteroatoms. The number of nitrogens with zero attached hydrogens (tertiary/aromatic N) is 3. The highest BCUT2D eigenvalue weighted by atomic mass is 32.1. The van der Waals surface area contributed by atoms with Crippen LogP contribution in [0.2, 0.25) is 0 Å². The highest BCUT2D eigenvalue weighted by Crippen LogP contribution is 2.34. The molecule has 0 fully saturated rings. The van der Waals surface area contributed by atoms with Crippen molar-refractivity contribution in [1.29, 1.82) is 0 Å². The SMILES string of the molecule is C=C/C(=C\C(=C/C)C(=C)/C=c1/c(-c2cc3c(-c4ccc(F)s4)cncc3[nH]2)n[nH]/c1=C/C)CN(C)C. The summed E-state index contributed by atoms with van der Waals surface area (Å²) in [6, 6.07) is 5.31. The average molecular weight is 500 g/mol. The Kier molecular flexibility index (Phi) is 7.62. The van der Waals surface area contributed by atoms with E-state index < -0.39 is 0 Å². The van der Waals surface area contributed by atoms with Gasteiger partial charge in [-0.15, -0.1) is 11.3 Å². The minimum atomic E-state index is -0.220. The van der Waals surface area contributed by atoms with Gasteiger partial charge in [0.2, 0.25) is 0 Å². The molecule has 0 aliphatic rings. The zero-order valence-electron chi connectivity index (χ0n) is 21.0. The molecule has 0 atom stereocenters. The summed E-state index contributed by atoms with van der Waals surface area (Å²) in [7, 11) is 4.07. The molecule has 5 nitrogen and oxygen atoms in total. The number of pyridine rings is 1. The number of aromatic nitrogens is 4. The first-order valence-corrected chi connectivity index (χ1v) is 12.4. The van der Waals surface area contributed by atoms with Crippen molar-refractivity contribution in [3.05, 3.63) is 94.4 Å². The van der Waals surface area contributed by atoms with Crippen molar-refractivity contribution in [3.63, 3.8) is 0 Å². The van der Waals surface area contributed by atoms with Gasteiger partial charge in [-0.2, -0.15) is 9.49 Å². The molecular formula is C29H30FN5S. The molecule has 4 aromatic rings. The zero-order valence-corrected chi connectivity index (χ0v) is 21.8. The topological polar surface area (TPSA) is 60.6 Å². The second-order valence-electron chi connectivity index (χ2n) is 8.70. The molecule has 0 amide bonds. The summed E-state index contributed by atoms with van der Waals surface area (Å²) in [4.78, 5) is 10.7. The Bertz CT molecular complexity index is 1610. The summed E-state index contributed by atoms with van der Waals surface area (Å²) in [6.45, 7) is 13.1. The molecule has 0 radical (unpaired) electrons. The van der Waals surface area contributed by atoms with Gasteiger partial charge >= 0.3 is 0 Å². The molecular weight excluding hydrogens is 469 g/mol. The van der Waals surface area contributed by atoms with Gasteiger partial charge < -0.3 is 9.88 Å². The number of likely N-dealkylation sites (N-methyl/N-ethyl adjacent to an activating group) is 1. The third-order valence-corrected chi connectivity index (χ3v) is 6.77. The molecule has 0 saturated carbocycles. The quantitative estimate of drug-likeness (QED) is 0.311. The zero-order chi connectivity index (χ0) is 25.8. The first-order chi connectivity index (χ1) is 17.3. The lowest BCUT2D eigenvalue weighted by atomic mass is 10.0. The Balaban J connectivity index is 1.81. The molecule has 0 spiro atoms. The van der Waals surface area contributed by atoms with Crippen LogP contribution in [0.5, 0.6) is 0 Å². The standard InChI is InChI=1S/C29H30FN5S/c1-7-19(17-35(5)6)13-20(8-2)18(4)12-22-24(9-3)33-34-29(22)25-14-21-23(15-31-16-26(21)32-25)27-10-11-28(30)36-27/h7-16,32-33H,1,4,17H2,2-3,5-6H3/b19-13+,20-8+,22-12+,24-9+. The third-order valence-electron chi connectivity index (χ3n) is 5.86. The molecule has 0 bridgehead atoms. The number of halogens is 1. The van der Waals surface area contributed by atoms with Gasteiger partial charge in [0.05, 0.1) is 22.8 Å².